The van der Waals surface area contributed by atoms with Crippen molar-refractivity contribution in [1.29, 1.82) is 0 Å². The molecule has 0 heterocycles. The van der Waals surface area contributed by atoms with Crippen LogP contribution >= 0.6 is 11.6 Å². The maximum Gasteiger partial charge on any atom is 0.227 e. The van der Waals surface area contributed by atoms with Crippen LogP contribution in [-0.4, -0.2) is 29.3 Å². The van der Waals surface area contributed by atoms with Crippen molar-refractivity contribution in [3.63, 3.8) is 0 Å². The number of hydrogen-bond donors (Lipinski definition) is 0. The monoisotopic (exact) mass is 271 g/mol. The summed E-state index contributed by atoms with van der Waals surface area (Å²) < 4.78 is 12.8. The highest BCUT2D eigenvalue weighted by atomic mass is 35.5. The maximum atomic E-state index is 12.8. The van der Waals surface area contributed by atoms with Crippen molar-refractivity contribution in [2.24, 2.45) is 0 Å². The number of rotatable bonds is 6. The molecule has 1 aromatic carbocycles. The third-order valence-electron chi connectivity index (χ3n) is 2.74. The molecule has 0 saturated carbocycles. The summed E-state index contributed by atoms with van der Waals surface area (Å²) >= 11 is 5.65. The molecule has 4 heteroatoms. The second-order valence-electron chi connectivity index (χ2n) is 4.53. The molecule has 0 aliphatic rings. The van der Waals surface area contributed by atoms with Gasteiger partial charge in [-0.25, -0.2) is 4.39 Å². The molecule has 18 heavy (non-hydrogen) atoms. The maximum absolute atomic E-state index is 12.8. The van der Waals surface area contributed by atoms with Gasteiger partial charge in [0.15, 0.2) is 0 Å². The van der Waals surface area contributed by atoms with Gasteiger partial charge in [-0.2, -0.15) is 0 Å². The number of hydrogen-bond acceptors (Lipinski definition) is 1. The summed E-state index contributed by atoms with van der Waals surface area (Å²) in [6, 6.07) is 6.20. The number of alkyl halides is 1. The number of halogens is 2. The Labute approximate surface area is 113 Å². The molecule has 0 aromatic heterocycles. The number of nitrogens with zero attached hydrogens (tertiary/aromatic N) is 1. The molecular formula is C14H19ClFNO. The minimum Gasteiger partial charge on any atom is -0.340 e. The Morgan fingerprint density at radius 1 is 1.33 bits per heavy atom. The Kier molecular flexibility index (Phi) is 6.13. The second-order valence-corrected chi connectivity index (χ2v) is 4.90. The van der Waals surface area contributed by atoms with Crippen LogP contribution in [0.1, 0.15) is 25.8 Å². The minimum absolute atomic E-state index is 0.0572. The smallest absolute Gasteiger partial charge is 0.227 e. The van der Waals surface area contributed by atoms with E-state index in [2.05, 4.69) is 0 Å². The topological polar surface area (TPSA) is 20.3 Å². The fourth-order valence-corrected chi connectivity index (χ4v) is 1.90. The summed E-state index contributed by atoms with van der Waals surface area (Å²) in [5.74, 6) is 0.323. The molecule has 0 fully saturated rings. The van der Waals surface area contributed by atoms with Crippen molar-refractivity contribution in [2.75, 3.05) is 12.4 Å². The Hall–Kier alpha value is -1.09. The van der Waals surface area contributed by atoms with Gasteiger partial charge in [0.2, 0.25) is 5.91 Å². The molecular weight excluding hydrogens is 253 g/mol. The van der Waals surface area contributed by atoms with Crippen molar-refractivity contribution >= 4 is 17.5 Å². The molecule has 1 aromatic rings. The molecule has 0 radical (unpaired) electrons. The van der Waals surface area contributed by atoms with Crippen LogP contribution in [0.2, 0.25) is 0 Å². The van der Waals surface area contributed by atoms with E-state index in [0.29, 0.717) is 18.8 Å². The van der Waals surface area contributed by atoms with E-state index in [1.807, 2.05) is 18.7 Å². The SMILES string of the molecule is CC(C)N(CCCCl)C(=O)Cc1ccc(F)cc1. The summed E-state index contributed by atoms with van der Waals surface area (Å²) in [6.07, 6.45) is 1.09. The van der Waals surface area contributed by atoms with Crippen LogP contribution in [0.5, 0.6) is 0 Å². The quantitative estimate of drug-likeness (QED) is 0.728. The first kappa shape index (κ1) is 15.0. The summed E-state index contributed by atoms with van der Waals surface area (Å²) in [7, 11) is 0. The van der Waals surface area contributed by atoms with Gasteiger partial charge in [-0.3, -0.25) is 4.79 Å². The molecule has 0 atom stereocenters. The van der Waals surface area contributed by atoms with Gasteiger partial charge < -0.3 is 4.90 Å². The molecule has 0 aliphatic carbocycles. The van der Waals surface area contributed by atoms with Gasteiger partial charge in [0.05, 0.1) is 6.42 Å². The molecule has 0 bridgehead atoms. The molecule has 0 aliphatic heterocycles. The van der Waals surface area contributed by atoms with Gasteiger partial charge in [0.1, 0.15) is 5.82 Å². The fourth-order valence-electron chi connectivity index (χ4n) is 1.78. The summed E-state index contributed by atoms with van der Waals surface area (Å²) in [5, 5.41) is 0. The third-order valence-corrected chi connectivity index (χ3v) is 3.01. The lowest BCUT2D eigenvalue weighted by Crippen LogP contribution is -2.38. The van der Waals surface area contributed by atoms with Gasteiger partial charge in [0, 0.05) is 18.5 Å². The average molecular weight is 272 g/mol. The molecule has 0 N–H and O–H groups in total. The predicted molar refractivity (Wildman–Crippen MR) is 72.3 cm³/mol. The van der Waals surface area contributed by atoms with Crippen LogP contribution in [0.3, 0.4) is 0 Å². The largest absolute Gasteiger partial charge is 0.340 e. The first-order valence-electron chi connectivity index (χ1n) is 6.14. The predicted octanol–water partition coefficient (Wildman–Crippen LogP) is 3.23. The van der Waals surface area contributed by atoms with Gasteiger partial charge in [0.25, 0.3) is 0 Å². The van der Waals surface area contributed by atoms with E-state index < -0.39 is 0 Å². The zero-order valence-electron chi connectivity index (χ0n) is 10.8. The zero-order valence-corrected chi connectivity index (χ0v) is 11.6. The number of benzene rings is 1. The molecule has 1 rings (SSSR count). The Morgan fingerprint density at radius 3 is 2.44 bits per heavy atom. The number of amides is 1. The van der Waals surface area contributed by atoms with Crippen molar-refractivity contribution in [3.8, 4) is 0 Å². The van der Waals surface area contributed by atoms with Crippen molar-refractivity contribution in [2.45, 2.75) is 32.7 Å². The van der Waals surface area contributed by atoms with Crippen LogP contribution < -0.4 is 0 Å². The molecule has 0 spiro atoms. The fraction of sp³-hybridized carbons (Fsp3) is 0.500. The lowest BCUT2D eigenvalue weighted by molar-refractivity contribution is -0.132. The Balaban J connectivity index is 2.63. The minimum atomic E-state index is -0.283. The zero-order chi connectivity index (χ0) is 13.5. The standard InChI is InChI=1S/C14H19ClFNO/c1-11(2)17(9-3-8-15)14(18)10-12-4-6-13(16)7-5-12/h4-7,11H,3,8-10H2,1-2H3. The van der Waals surface area contributed by atoms with Gasteiger partial charge in [-0.1, -0.05) is 12.1 Å². The van der Waals surface area contributed by atoms with E-state index in [1.165, 1.54) is 12.1 Å². The van der Waals surface area contributed by atoms with E-state index in [4.69, 9.17) is 11.6 Å². The lowest BCUT2D eigenvalue weighted by atomic mass is 10.1. The Bertz CT molecular complexity index is 378. The van der Waals surface area contributed by atoms with E-state index in [-0.39, 0.29) is 17.8 Å². The third kappa shape index (κ3) is 4.65. The second kappa shape index (κ2) is 7.37. The van der Waals surface area contributed by atoms with Gasteiger partial charge in [-0.15, -0.1) is 11.6 Å². The number of carbonyl (C=O) groups is 1. The van der Waals surface area contributed by atoms with Crippen molar-refractivity contribution < 1.29 is 9.18 Å². The summed E-state index contributed by atoms with van der Waals surface area (Å²) in [6.45, 7) is 4.63. The van der Waals surface area contributed by atoms with Gasteiger partial charge in [-0.05, 0) is 38.0 Å². The summed E-state index contributed by atoms with van der Waals surface area (Å²) in [4.78, 5) is 13.9. The van der Waals surface area contributed by atoms with Gasteiger partial charge >= 0.3 is 0 Å². The van der Waals surface area contributed by atoms with Crippen LogP contribution in [0.15, 0.2) is 24.3 Å². The summed E-state index contributed by atoms with van der Waals surface area (Å²) in [5.41, 5.74) is 0.831. The molecule has 2 nitrogen and oxygen atoms in total. The van der Waals surface area contributed by atoms with Crippen LogP contribution in [0, 0.1) is 5.82 Å². The highest BCUT2D eigenvalue weighted by molar-refractivity contribution is 6.17. The van der Waals surface area contributed by atoms with Crippen LogP contribution in [0.25, 0.3) is 0 Å². The first-order chi connectivity index (χ1) is 8.54. The average Bonchev–Trinajstić information content (AvgIpc) is 2.32. The molecule has 0 saturated heterocycles. The van der Waals surface area contributed by atoms with Crippen molar-refractivity contribution in [1.82, 2.24) is 4.90 Å². The molecule has 100 valence electrons. The molecule has 1 amide bonds. The highest BCUT2D eigenvalue weighted by Crippen LogP contribution is 2.08. The van der Waals surface area contributed by atoms with E-state index >= 15 is 0 Å². The first-order valence-corrected chi connectivity index (χ1v) is 6.68. The van der Waals surface area contributed by atoms with E-state index in [9.17, 15) is 9.18 Å². The van der Waals surface area contributed by atoms with Crippen molar-refractivity contribution in [3.05, 3.63) is 35.6 Å². The normalized spacial score (nSPS) is 10.7. The lowest BCUT2D eigenvalue weighted by Gasteiger charge is -2.26. The van der Waals surface area contributed by atoms with Crippen LogP contribution in [-0.2, 0) is 11.2 Å². The Morgan fingerprint density at radius 2 is 1.94 bits per heavy atom. The number of carbonyl (C=O) groups excluding carboxylic acids is 1. The highest BCUT2D eigenvalue weighted by Gasteiger charge is 2.16. The van der Waals surface area contributed by atoms with Crippen LogP contribution in [0.4, 0.5) is 4.39 Å². The van der Waals surface area contributed by atoms with E-state index in [0.717, 1.165) is 12.0 Å². The molecule has 0 unspecified atom stereocenters. The van der Waals surface area contributed by atoms with E-state index in [1.54, 1.807) is 12.1 Å².